The van der Waals surface area contributed by atoms with Crippen LogP contribution in [-0.4, -0.2) is 27.8 Å². The van der Waals surface area contributed by atoms with Crippen molar-refractivity contribution >= 4 is 18.1 Å². The van der Waals surface area contributed by atoms with E-state index in [0.29, 0.717) is 22.8 Å². The minimum absolute atomic E-state index is 0.250. The highest BCUT2D eigenvalue weighted by atomic mass is 35.5. The van der Waals surface area contributed by atoms with Gasteiger partial charge < -0.3 is 14.9 Å². The molecule has 1 saturated carbocycles. The van der Waals surface area contributed by atoms with E-state index in [9.17, 15) is 0 Å². The average Bonchev–Trinajstić information content (AvgIpc) is 3.14. The molecule has 1 aliphatic carbocycles. The smallest absolute Gasteiger partial charge is 0.290 e. The zero-order valence-corrected chi connectivity index (χ0v) is 16.3. The maximum Gasteiger partial charge on any atom is 0.290 e. The van der Waals surface area contributed by atoms with Crippen LogP contribution in [0.3, 0.4) is 0 Å². The second kappa shape index (κ2) is 9.48. The Kier molecular flexibility index (Phi) is 6.79. The molecule has 4 rings (SSSR count). The van der Waals surface area contributed by atoms with Crippen LogP contribution in [0.1, 0.15) is 30.4 Å². The van der Waals surface area contributed by atoms with E-state index in [1.165, 1.54) is 24.8 Å². The zero-order chi connectivity index (χ0) is 19.9. The molecule has 1 aromatic heterocycles. The lowest BCUT2D eigenvalue weighted by molar-refractivity contribution is -0.122. The van der Waals surface area contributed by atoms with Gasteiger partial charge in [0.25, 0.3) is 12.4 Å². The van der Waals surface area contributed by atoms with Gasteiger partial charge in [-0.05, 0) is 43.0 Å². The normalized spacial score (nSPS) is 13.4. The van der Waals surface area contributed by atoms with E-state index in [-0.39, 0.29) is 6.47 Å². The summed E-state index contributed by atoms with van der Waals surface area (Å²) in [7, 11) is 0. The summed E-state index contributed by atoms with van der Waals surface area (Å²) < 4.78 is 5.40. The second-order valence-corrected chi connectivity index (χ2v) is 7.11. The summed E-state index contributed by atoms with van der Waals surface area (Å²) in [5.74, 6) is 1.07. The molecule has 2 N–H and O–H groups in total. The first-order valence-electron chi connectivity index (χ1n) is 9.11. The number of aryl methyl sites for hydroxylation is 1. The van der Waals surface area contributed by atoms with E-state index in [0.717, 1.165) is 23.2 Å². The molecule has 28 heavy (non-hydrogen) atoms. The lowest BCUT2D eigenvalue weighted by Gasteiger charge is -2.26. The second-order valence-electron chi connectivity index (χ2n) is 6.70. The Morgan fingerprint density at radius 1 is 1.21 bits per heavy atom. The first-order valence-corrected chi connectivity index (χ1v) is 9.49. The summed E-state index contributed by atoms with van der Waals surface area (Å²) in [4.78, 5) is 12.9. The molecular weight excluding hydrogens is 378 g/mol. The maximum absolute atomic E-state index is 8.36. The molecule has 146 valence electrons. The molecule has 1 heterocycles. The van der Waals surface area contributed by atoms with Gasteiger partial charge in [0.1, 0.15) is 0 Å². The van der Waals surface area contributed by atoms with Gasteiger partial charge in [0.2, 0.25) is 5.82 Å². The first-order chi connectivity index (χ1) is 13.6. The zero-order valence-electron chi connectivity index (χ0n) is 15.6. The van der Waals surface area contributed by atoms with Gasteiger partial charge in [-0.15, -0.1) is 0 Å². The molecular formula is C21H22ClN3O3. The molecule has 0 saturated heterocycles. The van der Waals surface area contributed by atoms with Crippen molar-refractivity contribution in [3.8, 4) is 22.8 Å². The van der Waals surface area contributed by atoms with Gasteiger partial charge in [0.15, 0.2) is 0 Å². The van der Waals surface area contributed by atoms with Crippen LogP contribution in [-0.2, 0) is 11.3 Å². The standard InChI is InChI=1S/C20H20ClN3O.CH2O2/c1-13-5-8-16(11-18(13)21)20-23-19(24-25-20)15-9-6-14(7-10-15)12-22-17-3-2-4-17;2-1-3/h5-11,17,22H,2-4,12H2,1H3;1H,(H,2,3). The van der Waals surface area contributed by atoms with Crippen molar-refractivity contribution in [2.24, 2.45) is 0 Å². The molecule has 1 aliphatic rings. The third kappa shape index (κ3) is 4.97. The van der Waals surface area contributed by atoms with Gasteiger partial charge in [-0.3, -0.25) is 4.79 Å². The fourth-order valence-corrected chi connectivity index (χ4v) is 3.01. The number of halogens is 1. The number of aromatic nitrogens is 2. The Morgan fingerprint density at radius 3 is 2.50 bits per heavy atom. The molecule has 0 atom stereocenters. The number of hydrogen-bond donors (Lipinski definition) is 2. The summed E-state index contributed by atoms with van der Waals surface area (Å²) in [5, 5.41) is 15.2. The highest BCUT2D eigenvalue weighted by Crippen LogP contribution is 2.26. The van der Waals surface area contributed by atoms with Crippen LogP contribution in [0.25, 0.3) is 22.8 Å². The highest BCUT2D eigenvalue weighted by Gasteiger charge is 2.16. The molecule has 6 nitrogen and oxygen atoms in total. The monoisotopic (exact) mass is 399 g/mol. The summed E-state index contributed by atoms with van der Waals surface area (Å²) in [5.41, 5.74) is 4.07. The summed E-state index contributed by atoms with van der Waals surface area (Å²) in [6.07, 6.45) is 3.95. The third-order valence-electron chi connectivity index (χ3n) is 4.76. The van der Waals surface area contributed by atoms with Crippen LogP contribution in [0.2, 0.25) is 5.02 Å². The van der Waals surface area contributed by atoms with Gasteiger partial charge in [-0.1, -0.05) is 53.5 Å². The van der Waals surface area contributed by atoms with Gasteiger partial charge in [-0.25, -0.2) is 0 Å². The number of hydrogen-bond acceptors (Lipinski definition) is 5. The quantitative estimate of drug-likeness (QED) is 0.604. The van der Waals surface area contributed by atoms with E-state index in [4.69, 9.17) is 26.0 Å². The number of carbonyl (C=O) groups is 1. The van der Waals surface area contributed by atoms with Crippen molar-refractivity contribution in [3.05, 3.63) is 58.6 Å². The Hall–Kier alpha value is -2.70. The topological polar surface area (TPSA) is 88.3 Å². The first kappa shape index (κ1) is 20.0. The lowest BCUT2D eigenvalue weighted by atomic mass is 9.93. The Morgan fingerprint density at radius 2 is 1.89 bits per heavy atom. The molecule has 0 bridgehead atoms. The Balaban J connectivity index is 0.000000706. The van der Waals surface area contributed by atoms with Crippen LogP contribution in [0, 0.1) is 6.92 Å². The van der Waals surface area contributed by atoms with E-state index in [1.807, 2.05) is 37.3 Å². The SMILES string of the molecule is Cc1ccc(-c2nc(-c3ccc(CNC4CCC4)cc3)no2)cc1Cl.O=CO. The molecule has 3 aromatic rings. The Labute approximate surface area is 168 Å². The molecule has 0 unspecified atom stereocenters. The van der Waals surface area contributed by atoms with Crippen LogP contribution < -0.4 is 5.32 Å². The van der Waals surface area contributed by atoms with E-state index in [2.05, 4.69) is 27.6 Å². The largest absolute Gasteiger partial charge is 0.483 e. The van der Waals surface area contributed by atoms with E-state index < -0.39 is 0 Å². The van der Waals surface area contributed by atoms with Gasteiger partial charge in [0, 0.05) is 28.7 Å². The Bertz CT molecular complexity index is 921. The molecule has 0 amide bonds. The summed E-state index contributed by atoms with van der Waals surface area (Å²) >= 11 is 6.18. The highest BCUT2D eigenvalue weighted by molar-refractivity contribution is 6.31. The number of benzene rings is 2. The van der Waals surface area contributed by atoms with Crippen LogP contribution in [0.5, 0.6) is 0 Å². The lowest BCUT2D eigenvalue weighted by Crippen LogP contribution is -2.34. The predicted molar refractivity (Wildman–Crippen MR) is 108 cm³/mol. The van der Waals surface area contributed by atoms with Crippen LogP contribution in [0.15, 0.2) is 47.0 Å². The van der Waals surface area contributed by atoms with Crippen molar-refractivity contribution in [1.29, 1.82) is 0 Å². The number of rotatable bonds is 5. The van der Waals surface area contributed by atoms with E-state index in [1.54, 1.807) is 0 Å². The van der Waals surface area contributed by atoms with Gasteiger partial charge in [0.05, 0.1) is 0 Å². The number of carboxylic acid groups (broad SMARTS) is 1. The van der Waals surface area contributed by atoms with Crippen LogP contribution >= 0.6 is 11.6 Å². The summed E-state index contributed by atoms with van der Waals surface area (Å²) in [6, 6.07) is 14.7. The average molecular weight is 400 g/mol. The predicted octanol–water partition coefficient (Wildman–Crippen LogP) is 4.71. The molecule has 0 spiro atoms. The summed E-state index contributed by atoms with van der Waals surface area (Å²) in [6.45, 7) is 2.62. The maximum atomic E-state index is 8.36. The molecule has 1 fully saturated rings. The fourth-order valence-electron chi connectivity index (χ4n) is 2.83. The molecule has 0 radical (unpaired) electrons. The number of nitrogens with one attached hydrogen (secondary N) is 1. The van der Waals surface area contributed by atoms with Gasteiger partial charge >= 0.3 is 0 Å². The minimum atomic E-state index is -0.250. The third-order valence-corrected chi connectivity index (χ3v) is 5.16. The van der Waals surface area contributed by atoms with Crippen molar-refractivity contribution in [1.82, 2.24) is 15.5 Å². The van der Waals surface area contributed by atoms with Gasteiger partial charge in [-0.2, -0.15) is 4.98 Å². The van der Waals surface area contributed by atoms with Crippen molar-refractivity contribution < 1.29 is 14.4 Å². The molecule has 7 heteroatoms. The van der Waals surface area contributed by atoms with Crippen LogP contribution in [0.4, 0.5) is 0 Å². The fraction of sp³-hybridized carbons (Fsp3) is 0.286. The van der Waals surface area contributed by atoms with E-state index >= 15 is 0 Å². The van der Waals surface area contributed by atoms with Crippen molar-refractivity contribution in [2.75, 3.05) is 0 Å². The number of nitrogens with zero attached hydrogens (tertiary/aromatic N) is 2. The van der Waals surface area contributed by atoms with Crippen molar-refractivity contribution in [2.45, 2.75) is 38.8 Å². The molecule has 0 aliphatic heterocycles. The minimum Gasteiger partial charge on any atom is -0.483 e. The van der Waals surface area contributed by atoms with Crippen molar-refractivity contribution in [3.63, 3.8) is 0 Å². The molecule has 2 aromatic carbocycles.